The van der Waals surface area contributed by atoms with E-state index in [0.29, 0.717) is 0 Å². The molecule has 4 heteroatoms. The lowest BCUT2D eigenvalue weighted by molar-refractivity contribution is -0.974. The number of halogens is 1. The van der Waals surface area contributed by atoms with Crippen molar-refractivity contribution in [3.63, 3.8) is 0 Å². The van der Waals surface area contributed by atoms with Gasteiger partial charge in [-0.25, -0.2) is 0 Å². The second-order valence-corrected chi connectivity index (χ2v) is 2.89. The molecule has 2 N–H and O–H groups in total. The third kappa shape index (κ3) is 3.14. The summed E-state index contributed by atoms with van der Waals surface area (Å²) in [7, 11) is 3.55. The van der Waals surface area contributed by atoms with E-state index in [1.165, 1.54) is 0 Å². The maximum absolute atomic E-state index is 9.06. The Morgan fingerprint density at radius 1 is 1.00 bits per heavy atom. The molecule has 0 radical (unpaired) electrons. The van der Waals surface area contributed by atoms with Crippen molar-refractivity contribution >= 4 is 0 Å². The number of quaternary nitrogens is 1. The lowest BCUT2D eigenvalue weighted by atomic mass is 10.4. The average Bonchev–Trinajstić information content (AvgIpc) is 1.65. The van der Waals surface area contributed by atoms with E-state index in [4.69, 9.17) is 10.2 Å². The SMILES string of the molecule is CC(O)[N+](C)(C)C(C)O.[I-]. The Kier molecular flexibility index (Phi) is 5.92. The highest BCUT2D eigenvalue weighted by Gasteiger charge is 2.26. The summed E-state index contributed by atoms with van der Waals surface area (Å²) in [4.78, 5) is 0. The van der Waals surface area contributed by atoms with Crippen LogP contribution in [0.5, 0.6) is 0 Å². The Balaban J connectivity index is 0. The zero-order chi connectivity index (χ0) is 7.65. The molecule has 0 fully saturated rings. The van der Waals surface area contributed by atoms with Gasteiger partial charge in [0.05, 0.1) is 14.1 Å². The van der Waals surface area contributed by atoms with Crippen LogP contribution in [0.4, 0.5) is 0 Å². The molecule has 2 atom stereocenters. The molecular weight excluding hydrogens is 245 g/mol. The first kappa shape index (κ1) is 13.2. The van der Waals surface area contributed by atoms with Crippen molar-refractivity contribution in [2.45, 2.75) is 26.3 Å². The van der Waals surface area contributed by atoms with Crippen LogP contribution in [0.15, 0.2) is 0 Å². The normalized spacial score (nSPS) is 17.4. The van der Waals surface area contributed by atoms with Crippen molar-refractivity contribution in [3.05, 3.63) is 0 Å². The van der Waals surface area contributed by atoms with Crippen LogP contribution in [-0.4, -0.2) is 41.2 Å². The fourth-order valence-corrected chi connectivity index (χ4v) is 0.312. The van der Waals surface area contributed by atoms with Crippen molar-refractivity contribution < 1.29 is 38.7 Å². The van der Waals surface area contributed by atoms with E-state index < -0.39 is 12.5 Å². The fraction of sp³-hybridized carbons (Fsp3) is 1.00. The minimum absolute atomic E-state index is 0. The lowest BCUT2D eigenvalue weighted by Gasteiger charge is -2.35. The number of hydrogen-bond acceptors (Lipinski definition) is 2. The van der Waals surface area contributed by atoms with Crippen LogP contribution < -0.4 is 24.0 Å². The molecule has 2 unspecified atom stereocenters. The zero-order valence-electron chi connectivity index (χ0n) is 6.87. The van der Waals surface area contributed by atoms with Crippen molar-refractivity contribution in [1.82, 2.24) is 0 Å². The Morgan fingerprint density at radius 3 is 1.20 bits per heavy atom. The van der Waals surface area contributed by atoms with Crippen LogP contribution >= 0.6 is 0 Å². The van der Waals surface area contributed by atoms with Crippen LogP contribution in [0, 0.1) is 0 Å². The van der Waals surface area contributed by atoms with Crippen LogP contribution in [0.3, 0.4) is 0 Å². The molecule has 64 valence electrons. The molecular formula is C6H16INO2. The number of hydrogen-bond donors (Lipinski definition) is 2. The molecule has 0 amide bonds. The molecule has 0 bridgehead atoms. The van der Waals surface area contributed by atoms with Crippen molar-refractivity contribution in [2.75, 3.05) is 14.1 Å². The number of nitrogens with zero attached hydrogens (tertiary/aromatic N) is 1. The molecule has 0 spiro atoms. The number of aliphatic hydroxyl groups excluding tert-OH is 2. The summed E-state index contributed by atoms with van der Waals surface area (Å²) in [6, 6.07) is 0. The van der Waals surface area contributed by atoms with E-state index in [1.54, 1.807) is 27.9 Å². The van der Waals surface area contributed by atoms with Gasteiger partial charge >= 0.3 is 0 Å². The topological polar surface area (TPSA) is 40.5 Å². The van der Waals surface area contributed by atoms with Gasteiger partial charge in [0.15, 0.2) is 12.5 Å². The summed E-state index contributed by atoms with van der Waals surface area (Å²) in [6.45, 7) is 3.32. The maximum Gasteiger partial charge on any atom is 0.189 e. The lowest BCUT2D eigenvalue weighted by Crippen LogP contribution is -3.00. The summed E-state index contributed by atoms with van der Waals surface area (Å²) in [5.74, 6) is 0. The average molecular weight is 261 g/mol. The van der Waals surface area contributed by atoms with E-state index in [2.05, 4.69) is 0 Å². The van der Waals surface area contributed by atoms with Crippen molar-refractivity contribution in [2.24, 2.45) is 0 Å². The highest BCUT2D eigenvalue weighted by Crippen LogP contribution is 2.07. The summed E-state index contributed by atoms with van der Waals surface area (Å²) >= 11 is 0. The first-order chi connectivity index (χ1) is 3.89. The van der Waals surface area contributed by atoms with Gasteiger partial charge in [-0.15, -0.1) is 0 Å². The Labute approximate surface area is 79.3 Å². The van der Waals surface area contributed by atoms with Crippen LogP contribution in [-0.2, 0) is 0 Å². The third-order valence-electron chi connectivity index (χ3n) is 1.93. The third-order valence-corrected chi connectivity index (χ3v) is 1.93. The zero-order valence-corrected chi connectivity index (χ0v) is 9.03. The summed E-state index contributed by atoms with van der Waals surface area (Å²) in [5, 5.41) is 18.1. The van der Waals surface area contributed by atoms with Gasteiger partial charge in [0.2, 0.25) is 0 Å². The summed E-state index contributed by atoms with van der Waals surface area (Å²) in [5.41, 5.74) is 0. The van der Waals surface area contributed by atoms with Gasteiger partial charge in [-0.1, -0.05) is 0 Å². The smallest absolute Gasteiger partial charge is 0.189 e. The van der Waals surface area contributed by atoms with Gasteiger partial charge in [-0.05, 0) is 0 Å². The van der Waals surface area contributed by atoms with E-state index in [0.717, 1.165) is 0 Å². The van der Waals surface area contributed by atoms with Crippen molar-refractivity contribution in [3.8, 4) is 0 Å². The highest BCUT2D eigenvalue weighted by molar-refractivity contribution is 4.31. The van der Waals surface area contributed by atoms with Crippen LogP contribution in [0.25, 0.3) is 0 Å². The first-order valence-electron chi connectivity index (χ1n) is 3.08. The number of aliphatic hydroxyl groups is 2. The molecule has 0 heterocycles. The van der Waals surface area contributed by atoms with Crippen LogP contribution in [0.1, 0.15) is 13.8 Å². The molecule has 10 heavy (non-hydrogen) atoms. The van der Waals surface area contributed by atoms with E-state index >= 15 is 0 Å². The molecule has 0 aliphatic heterocycles. The second kappa shape index (κ2) is 4.48. The monoisotopic (exact) mass is 261 g/mol. The van der Waals surface area contributed by atoms with E-state index in [1.807, 2.05) is 0 Å². The standard InChI is InChI=1S/C6H16NO2.HI/c1-5(8)7(3,4)6(2)9;/h5-6,8-9H,1-4H3;1H/q+1;/p-1. The molecule has 0 aromatic carbocycles. The molecule has 0 rings (SSSR count). The fourth-order valence-electron chi connectivity index (χ4n) is 0.312. The molecule has 0 aromatic rings. The molecule has 0 aromatic heterocycles. The van der Waals surface area contributed by atoms with Gasteiger partial charge in [0, 0.05) is 13.8 Å². The summed E-state index contributed by atoms with van der Waals surface area (Å²) in [6.07, 6.45) is -1.05. The molecule has 0 aliphatic rings. The minimum Gasteiger partial charge on any atom is -1.00 e. The summed E-state index contributed by atoms with van der Waals surface area (Å²) < 4.78 is 0.222. The second-order valence-electron chi connectivity index (χ2n) is 2.89. The predicted molar refractivity (Wildman–Crippen MR) is 35.5 cm³/mol. The van der Waals surface area contributed by atoms with Crippen LogP contribution in [0.2, 0.25) is 0 Å². The molecule has 3 nitrogen and oxygen atoms in total. The Bertz CT molecular complexity index is 83.7. The maximum atomic E-state index is 9.06. The van der Waals surface area contributed by atoms with Gasteiger partial charge in [-0.3, -0.25) is 4.48 Å². The molecule has 0 saturated carbocycles. The largest absolute Gasteiger partial charge is 1.00 e. The highest BCUT2D eigenvalue weighted by atomic mass is 127. The Hall–Kier alpha value is 0.610. The predicted octanol–water partition coefficient (Wildman–Crippen LogP) is -3.26. The first-order valence-corrected chi connectivity index (χ1v) is 3.08. The minimum atomic E-state index is -0.523. The number of rotatable bonds is 2. The van der Waals surface area contributed by atoms with E-state index in [-0.39, 0.29) is 28.5 Å². The molecule has 0 aliphatic carbocycles. The van der Waals surface area contributed by atoms with Gasteiger partial charge in [-0.2, -0.15) is 0 Å². The van der Waals surface area contributed by atoms with Gasteiger partial charge in [0.25, 0.3) is 0 Å². The van der Waals surface area contributed by atoms with Gasteiger partial charge in [0.1, 0.15) is 0 Å². The Morgan fingerprint density at radius 2 is 1.20 bits per heavy atom. The quantitative estimate of drug-likeness (QED) is 0.311. The van der Waals surface area contributed by atoms with Crippen molar-refractivity contribution in [1.29, 1.82) is 0 Å². The van der Waals surface area contributed by atoms with Gasteiger partial charge < -0.3 is 34.2 Å². The molecule has 0 saturated heterocycles. The van der Waals surface area contributed by atoms with E-state index in [9.17, 15) is 0 Å².